The summed E-state index contributed by atoms with van der Waals surface area (Å²) < 4.78 is 34.7. The molecule has 0 bridgehead atoms. The van der Waals surface area contributed by atoms with Crippen molar-refractivity contribution in [3.63, 3.8) is 0 Å². The average Bonchev–Trinajstić information content (AvgIpc) is 3.26. The lowest BCUT2D eigenvalue weighted by Crippen LogP contribution is -2.44. The molecule has 0 spiro atoms. The van der Waals surface area contributed by atoms with Crippen molar-refractivity contribution < 1.29 is 17.7 Å². The summed E-state index contributed by atoms with van der Waals surface area (Å²) in [6.45, 7) is 7.95. The fourth-order valence-electron chi connectivity index (χ4n) is 3.67. The van der Waals surface area contributed by atoms with E-state index in [4.69, 9.17) is 4.52 Å². The third kappa shape index (κ3) is 4.67. The Kier molecular flexibility index (Phi) is 6.37. The number of piperidine rings is 1. The molecule has 3 heterocycles. The van der Waals surface area contributed by atoms with Crippen molar-refractivity contribution in [3.8, 4) is 0 Å². The van der Waals surface area contributed by atoms with E-state index in [1.165, 1.54) is 0 Å². The minimum atomic E-state index is -3.69. The number of carbonyl (C=O) groups is 1. The molecule has 0 aliphatic carbocycles. The van der Waals surface area contributed by atoms with Gasteiger partial charge < -0.3 is 9.84 Å². The minimum absolute atomic E-state index is 0.0120. The molecule has 160 valence electrons. The van der Waals surface area contributed by atoms with E-state index < -0.39 is 10.0 Å². The number of aryl methyl sites for hydroxylation is 3. The van der Waals surface area contributed by atoms with Crippen LogP contribution in [0.25, 0.3) is 0 Å². The van der Waals surface area contributed by atoms with Crippen molar-refractivity contribution in [2.45, 2.75) is 76.9 Å². The Morgan fingerprint density at radius 1 is 1.34 bits per heavy atom. The number of hydrogen-bond acceptors (Lipinski definition) is 7. The fraction of sp³-hybridized carbons (Fsp3) is 0.667. The molecule has 1 atom stereocenters. The summed E-state index contributed by atoms with van der Waals surface area (Å²) in [6, 6.07) is -0.141. The van der Waals surface area contributed by atoms with Gasteiger partial charge in [-0.2, -0.15) is 4.31 Å². The molecule has 0 saturated carbocycles. The molecular weight excluding hydrogens is 396 g/mol. The maximum atomic E-state index is 13.2. The highest BCUT2D eigenvalue weighted by molar-refractivity contribution is 7.89. The van der Waals surface area contributed by atoms with Gasteiger partial charge in [-0.25, -0.2) is 8.42 Å². The van der Waals surface area contributed by atoms with Crippen molar-refractivity contribution in [1.82, 2.24) is 29.8 Å². The molecule has 0 aromatic carbocycles. The van der Waals surface area contributed by atoms with Crippen LogP contribution in [0.5, 0.6) is 0 Å². The van der Waals surface area contributed by atoms with Crippen molar-refractivity contribution in [1.29, 1.82) is 0 Å². The molecule has 1 fully saturated rings. The number of hydrogen-bond donors (Lipinski definition) is 1. The Morgan fingerprint density at radius 2 is 2.10 bits per heavy atom. The number of sulfonamides is 1. The zero-order chi connectivity index (χ0) is 21.2. The number of carbonyl (C=O) groups excluding carboxylic acids is 1. The van der Waals surface area contributed by atoms with Crippen molar-refractivity contribution in [3.05, 3.63) is 23.3 Å². The highest BCUT2D eigenvalue weighted by Gasteiger charge is 2.37. The first-order valence-electron chi connectivity index (χ1n) is 9.86. The Balaban J connectivity index is 1.71. The number of aromatic nitrogens is 4. The monoisotopic (exact) mass is 424 g/mol. The van der Waals surface area contributed by atoms with Crippen molar-refractivity contribution >= 4 is 15.9 Å². The topological polar surface area (TPSA) is 123 Å². The zero-order valence-electron chi connectivity index (χ0n) is 17.3. The second-order valence-corrected chi connectivity index (χ2v) is 9.53. The van der Waals surface area contributed by atoms with E-state index in [0.717, 1.165) is 19.3 Å². The highest BCUT2D eigenvalue weighted by atomic mass is 32.2. The molecule has 2 aromatic heterocycles. The molecule has 10 nitrogen and oxygen atoms in total. The molecule has 2 aromatic rings. The number of amides is 1. The van der Waals surface area contributed by atoms with Gasteiger partial charge in [0.1, 0.15) is 10.6 Å². The first kappa shape index (κ1) is 21.4. The van der Waals surface area contributed by atoms with Gasteiger partial charge in [-0.3, -0.25) is 9.48 Å². The molecule has 1 amide bonds. The van der Waals surface area contributed by atoms with Gasteiger partial charge in [-0.1, -0.05) is 16.8 Å². The summed E-state index contributed by atoms with van der Waals surface area (Å²) in [5, 5.41) is 14.5. The van der Waals surface area contributed by atoms with Crippen LogP contribution in [0.2, 0.25) is 0 Å². The quantitative estimate of drug-likeness (QED) is 0.717. The fourth-order valence-corrected chi connectivity index (χ4v) is 5.69. The van der Waals surface area contributed by atoms with Gasteiger partial charge >= 0.3 is 0 Å². The molecule has 1 N–H and O–H groups in total. The largest absolute Gasteiger partial charge is 0.360 e. The maximum Gasteiger partial charge on any atom is 0.273 e. The maximum absolute atomic E-state index is 13.2. The van der Waals surface area contributed by atoms with Gasteiger partial charge in [-0.15, -0.1) is 5.10 Å². The SMILES string of the molecule is Cc1noc(C)c1S(=O)(=O)N1CCCC[C@H]1CCn1cc(C(=O)NC(C)C)nn1. The Hall–Kier alpha value is -2.27. The van der Waals surface area contributed by atoms with Crippen LogP contribution in [0, 0.1) is 13.8 Å². The lowest BCUT2D eigenvalue weighted by molar-refractivity contribution is 0.0938. The lowest BCUT2D eigenvalue weighted by Gasteiger charge is -2.34. The van der Waals surface area contributed by atoms with Crippen molar-refractivity contribution in [2.24, 2.45) is 0 Å². The van der Waals surface area contributed by atoms with Crippen molar-refractivity contribution in [2.75, 3.05) is 6.54 Å². The molecule has 3 rings (SSSR count). The first-order valence-corrected chi connectivity index (χ1v) is 11.3. The van der Waals surface area contributed by atoms with E-state index in [2.05, 4.69) is 20.8 Å². The zero-order valence-corrected chi connectivity index (χ0v) is 18.1. The van der Waals surface area contributed by atoms with Crippen LogP contribution in [0.3, 0.4) is 0 Å². The molecule has 1 aliphatic rings. The van der Waals surface area contributed by atoms with E-state index in [1.807, 2.05) is 13.8 Å². The second-order valence-electron chi connectivity index (χ2n) is 7.70. The molecule has 1 saturated heterocycles. The average molecular weight is 425 g/mol. The molecule has 1 aliphatic heterocycles. The van der Waals surface area contributed by atoms with E-state index in [0.29, 0.717) is 31.0 Å². The molecule has 0 unspecified atom stereocenters. The van der Waals surface area contributed by atoms with Crippen LogP contribution in [-0.2, 0) is 16.6 Å². The van der Waals surface area contributed by atoms with Crippen LogP contribution in [0.15, 0.2) is 15.6 Å². The second kappa shape index (κ2) is 8.62. The summed E-state index contributed by atoms with van der Waals surface area (Å²) in [6.07, 6.45) is 4.74. The predicted molar refractivity (Wildman–Crippen MR) is 105 cm³/mol. The van der Waals surface area contributed by atoms with Gasteiger partial charge in [0.05, 0.1) is 6.20 Å². The third-order valence-corrected chi connectivity index (χ3v) is 7.19. The first-order chi connectivity index (χ1) is 13.7. The lowest BCUT2D eigenvalue weighted by atomic mass is 10.0. The Bertz CT molecular complexity index is 945. The number of rotatable bonds is 7. The summed E-state index contributed by atoms with van der Waals surface area (Å²) >= 11 is 0. The Morgan fingerprint density at radius 3 is 2.76 bits per heavy atom. The van der Waals surface area contributed by atoms with Crippen LogP contribution < -0.4 is 5.32 Å². The summed E-state index contributed by atoms with van der Waals surface area (Å²) in [7, 11) is -3.69. The van der Waals surface area contributed by atoms with E-state index in [-0.39, 0.29) is 28.6 Å². The molecule has 0 radical (unpaired) electrons. The van der Waals surface area contributed by atoms with E-state index in [1.54, 1.807) is 29.0 Å². The van der Waals surface area contributed by atoms with Gasteiger partial charge in [0.2, 0.25) is 10.0 Å². The smallest absolute Gasteiger partial charge is 0.273 e. The van der Waals surface area contributed by atoms with Crippen LogP contribution in [0.4, 0.5) is 0 Å². The normalized spacial score (nSPS) is 18.3. The number of nitrogens with zero attached hydrogens (tertiary/aromatic N) is 5. The Labute approximate surface area is 170 Å². The summed E-state index contributed by atoms with van der Waals surface area (Å²) in [4.78, 5) is 12.2. The van der Waals surface area contributed by atoms with Crippen LogP contribution in [0.1, 0.15) is 61.5 Å². The van der Waals surface area contributed by atoms with Gasteiger partial charge in [0.15, 0.2) is 11.5 Å². The predicted octanol–water partition coefficient (Wildman–Crippen LogP) is 1.65. The van der Waals surface area contributed by atoms with Gasteiger partial charge in [0, 0.05) is 25.2 Å². The third-order valence-electron chi connectivity index (χ3n) is 4.99. The molecular formula is C18H28N6O4S. The molecule has 29 heavy (non-hydrogen) atoms. The van der Waals surface area contributed by atoms with Crippen LogP contribution in [-0.4, -0.2) is 57.4 Å². The summed E-state index contributed by atoms with van der Waals surface area (Å²) in [5.74, 6) is 0.0374. The van der Waals surface area contributed by atoms with E-state index >= 15 is 0 Å². The van der Waals surface area contributed by atoms with Crippen LogP contribution >= 0.6 is 0 Å². The van der Waals surface area contributed by atoms with Gasteiger partial charge in [0.25, 0.3) is 5.91 Å². The van der Waals surface area contributed by atoms with E-state index in [9.17, 15) is 13.2 Å². The number of nitrogens with one attached hydrogen (secondary N) is 1. The minimum Gasteiger partial charge on any atom is -0.360 e. The summed E-state index contributed by atoms with van der Waals surface area (Å²) in [5.41, 5.74) is 0.631. The molecule has 11 heteroatoms. The van der Waals surface area contributed by atoms with Gasteiger partial charge in [-0.05, 0) is 47.0 Å². The standard InChI is InChI=1S/C18H28N6O4S/c1-12(2)19-18(25)16-11-23(22-20-16)10-8-15-7-5-6-9-24(15)29(26,27)17-13(3)21-28-14(17)4/h11-12,15H,5-10H2,1-4H3,(H,19,25)/t15-/m0/s1. The highest BCUT2D eigenvalue weighted by Crippen LogP contribution is 2.30.